The number of benzene rings is 2. The molecule has 0 aliphatic carbocycles. The van der Waals surface area contributed by atoms with E-state index >= 15 is 0 Å². The van der Waals surface area contributed by atoms with Crippen molar-refractivity contribution < 1.29 is 9.53 Å². The molecule has 1 amide bonds. The summed E-state index contributed by atoms with van der Waals surface area (Å²) in [5.41, 5.74) is 2.47. The van der Waals surface area contributed by atoms with Gasteiger partial charge in [0.05, 0.1) is 12.2 Å². The molecule has 140 valence electrons. The maximum atomic E-state index is 12.7. The average molecular weight is 428 g/mol. The van der Waals surface area contributed by atoms with Gasteiger partial charge in [0.15, 0.2) is 0 Å². The first-order valence-electron chi connectivity index (χ1n) is 8.80. The van der Waals surface area contributed by atoms with E-state index < -0.39 is 0 Å². The minimum absolute atomic E-state index is 0.0356. The van der Waals surface area contributed by atoms with Crippen molar-refractivity contribution >= 4 is 21.8 Å². The van der Waals surface area contributed by atoms with Crippen LogP contribution in [0.5, 0.6) is 5.75 Å². The van der Waals surface area contributed by atoms with Crippen LogP contribution in [-0.2, 0) is 19.7 Å². The number of carbonyl (C=O) groups is 1. The molecule has 0 spiro atoms. The molecule has 0 saturated carbocycles. The number of ether oxygens (including phenoxy) is 1. The van der Waals surface area contributed by atoms with Crippen molar-refractivity contribution in [1.82, 2.24) is 14.7 Å². The molecule has 0 N–H and O–H groups in total. The van der Waals surface area contributed by atoms with Gasteiger partial charge in [0, 0.05) is 29.8 Å². The lowest BCUT2D eigenvalue weighted by Gasteiger charge is -2.16. The van der Waals surface area contributed by atoms with Crippen LogP contribution < -0.4 is 4.74 Å². The van der Waals surface area contributed by atoms with Gasteiger partial charge in [-0.25, -0.2) is 0 Å². The van der Waals surface area contributed by atoms with Crippen molar-refractivity contribution in [3.8, 4) is 5.75 Å². The lowest BCUT2D eigenvalue weighted by molar-refractivity contribution is 0.0783. The fourth-order valence-electron chi connectivity index (χ4n) is 2.69. The van der Waals surface area contributed by atoms with Crippen molar-refractivity contribution in [1.29, 1.82) is 0 Å². The van der Waals surface area contributed by atoms with Gasteiger partial charge in [-0.2, -0.15) is 5.10 Å². The van der Waals surface area contributed by atoms with Crippen LogP contribution in [-0.4, -0.2) is 27.6 Å². The number of hydrogen-bond donors (Lipinski definition) is 0. The third kappa shape index (κ3) is 5.20. The maximum absolute atomic E-state index is 12.7. The van der Waals surface area contributed by atoms with Crippen LogP contribution in [0.1, 0.15) is 28.5 Å². The first-order valence-corrected chi connectivity index (χ1v) is 9.59. The third-order valence-electron chi connectivity index (χ3n) is 4.16. The van der Waals surface area contributed by atoms with Crippen LogP contribution in [0.15, 0.2) is 65.3 Å². The highest BCUT2D eigenvalue weighted by Crippen LogP contribution is 2.18. The highest BCUT2D eigenvalue weighted by Gasteiger charge is 2.14. The molecule has 0 fully saturated rings. The molecule has 0 atom stereocenters. The SMILES string of the molecule is CCn1ccc(CN(C)C(=O)c2cccc(COc3ccc(Br)cc3)c2)n1. The van der Waals surface area contributed by atoms with Crippen molar-refractivity contribution in [2.75, 3.05) is 7.05 Å². The Hall–Kier alpha value is -2.60. The Morgan fingerprint density at radius 1 is 1.19 bits per heavy atom. The van der Waals surface area contributed by atoms with Gasteiger partial charge in [0.1, 0.15) is 12.4 Å². The lowest BCUT2D eigenvalue weighted by Crippen LogP contribution is -2.26. The van der Waals surface area contributed by atoms with E-state index in [0.717, 1.165) is 28.0 Å². The van der Waals surface area contributed by atoms with Gasteiger partial charge < -0.3 is 9.64 Å². The van der Waals surface area contributed by atoms with Crippen LogP contribution in [0.4, 0.5) is 0 Å². The molecule has 0 aliphatic rings. The summed E-state index contributed by atoms with van der Waals surface area (Å²) < 4.78 is 8.66. The van der Waals surface area contributed by atoms with Crippen molar-refractivity contribution in [3.05, 3.63) is 82.1 Å². The average Bonchev–Trinajstić information content (AvgIpc) is 3.14. The van der Waals surface area contributed by atoms with Crippen LogP contribution in [0.3, 0.4) is 0 Å². The Kier molecular flexibility index (Phi) is 6.29. The van der Waals surface area contributed by atoms with E-state index in [1.54, 1.807) is 11.9 Å². The van der Waals surface area contributed by atoms with Gasteiger partial charge in [-0.15, -0.1) is 0 Å². The molecule has 1 heterocycles. The van der Waals surface area contributed by atoms with E-state index in [1.807, 2.05) is 72.4 Å². The zero-order valence-electron chi connectivity index (χ0n) is 15.4. The van der Waals surface area contributed by atoms with Crippen LogP contribution in [0.25, 0.3) is 0 Å². The predicted octanol–water partition coefficient (Wildman–Crippen LogP) is 4.52. The minimum atomic E-state index is -0.0356. The van der Waals surface area contributed by atoms with E-state index in [2.05, 4.69) is 21.0 Å². The largest absolute Gasteiger partial charge is 0.489 e. The van der Waals surface area contributed by atoms with E-state index in [-0.39, 0.29) is 5.91 Å². The highest BCUT2D eigenvalue weighted by atomic mass is 79.9. The van der Waals surface area contributed by atoms with Crippen molar-refractivity contribution in [2.45, 2.75) is 26.6 Å². The normalized spacial score (nSPS) is 10.6. The summed E-state index contributed by atoms with van der Waals surface area (Å²) in [6.45, 7) is 3.74. The molecule has 3 rings (SSSR count). The fraction of sp³-hybridized carbons (Fsp3) is 0.238. The molecule has 0 saturated heterocycles. The van der Waals surface area contributed by atoms with E-state index in [4.69, 9.17) is 4.74 Å². The lowest BCUT2D eigenvalue weighted by atomic mass is 10.1. The second-order valence-electron chi connectivity index (χ2n) is 6.27. The summed E-state index contributed by atoms with van der Waals surface area (Å²) in [4.78, 5) is 14.4. The van der Waals surface area contributed by atoms with Crippen LogP contribution in [0.2, 0.25) is 0 Å². The van der Waals surface area contributed by atoms with Gasteiger partial charge in [0.25, 0.3) is 5.91 Å². The first-order chi connectivity index (χ1) is 13.0. The number of carbonyl (C=O) groups excluding carboxylic acids is 1. The number of hydrogen-bond acceptors (Lipinski definition) is 3. The molecule has 1 aromatic heterocycles. The Balaban J connectivity index is 1.62. The fourth-order valence-corrected chi connectivity index (χ4v) is 2.96. The zero-order chi connectivity index (χ0) is 19.2. The quantitative estimate of drug-likeness (QED) is 0.556. The summed E-state index contributed by atoms with van der Waals surface area (Å²) in [5, 5.41) is 4.43. The third-order valence-corrected chi connectivity index (χ3v) is 4.69. The number of rotatable bonds is 7. The van der Waals surface area contributed by atoms with Crippen molar-refractivity contribution in [2.24, 2.45) is 0 Å². The van der Waals surface area contributed by atoms with Crippen LogP contribution >= 0.6 is 15.9 Å². The van der Waals surface area contributed by atoms with Crippen LogP contribution in [0, 0.1) is 0 Å². The van der Waals surface area contributed by atoms with Gasteiger partial charge in [-0.3, -0.25) is 9.48 Å². The number of aryl methyl sites for hydroxylation is 1. The Labute approximate surface area is 167 Å². The topological polar surface area (TPSA) is 47.4 Å². The predicted molar refractivity (Wildman–Crippen MR) is 109 cm³/mol. The Morgan fingerprint density at radius 3 is 2.67 bits per heavy atom. The summed E-state index contributed by atoms with van der Waals surface area (Å²) in [6.07, 6.45) is 1.92. The van der Waals surface area contributed by atoms with Gasteiger partial charge in [0.2, 0.25) is 0 Å². The molecule has 3 aromatic rings. The Morgan fingerprint density at radius 2 is 1.96 bits per heavy atom. The summed E-state index contributed by atoms with van der Waals surface area (Å²) >= 11 is 3.41. The van der Waals surface area contributed by atoms with Crippen molar-refractivity contribution in [3.63, 3.8) is 0 Å². The zero-order valence-corrected chi connectivity index (χ0v) is 17.0. The first kappa shape index (κ1) is 19.2. The number of aromatic nitrogens is 2. The molecule has 0 radical (unpaired) electrons. The van der Waals surface area contributed by atoms with E-state index in [0.29, 0.717) is 18.7 Å². The summed E-state index contributed by atoms with van der Waals surface area (Å²) in [7, 11) is 1.79. The molecule has 2 aromatic carbocycles. The number of halogens is 1. The standard InChI is InChI=1S/C21H22BrN3O2/c1-3-25-12-11-19(23-25)14-24(2)21(26)17-6-4-5-16(13-17)15-27-20-9-7-18(22)8-10-20/h4-13H,3,14-15H2,1-2H3. The monoisotopic (exact) mass is 427 g/mol. The van der Waals surface area contributed by atoms with Gasteiger partial charge in [-0.05, 0) is 55.0 Å². The smallest absolute Gasteiger partial charge is 0.253 e. The highest BCUT2D eigenvalue weighted by molar-refractivity contribution is 9.10. The number of amides is 1. The molecular formula is C21H22BrN3O2. The maximum Gasteiger partial charge on any atom is 0.253 e. The molecule has 5 nitrogen and oxygen atoms in total. The molecular weight excluding hydrogens is 406 g/mol. The van der Waals surface area contributed by atoms with Gasteiger partial charge >= 0.3 is 0 Å². The Bertz CT molecular complexity index is 906. The second-order valence-corrected chi connectivity index (χ2v) is 7.18. The molecule has 6 heteroatoms. The minimum Gasteiger partial charge on any atom is -0.489 e. The van der Waals surface area contributed by atoms with Gasteiger partial charge in [-0.1, -0.05) is 28.1 Å². The second kappa shape index (κ2) is 8.86. The summed E-state index contributed by atoms with van der Waals surface area (Å²) in [6, 6.07) is 17.2. The molecule has 0 bridgehead atoms. The molecule has 0 aliphatic heterocycles. The molecule has 0 unspecified atom stereocenters. The number of nitrogens with zero attached hydrogens (tertiary/aromatic N) is 3. The van der Waals surface area contributed by atoms with E-state index in [9.17, 15) is 4.79 Å². The summed E-state index contributed by atoms with van der Waals surface area (Å²) in [5.74, 6) is 0.755. The molecule has 27 heavy (non-hydrogen) atoms. The van der Waals surface area contributed by atoms with E-state index in [1.165, 1.54) is 0 Å².